The van der Waals surface area contributed by atoms with Crippen molar-refractivity contribution in [1.29, 1.82) is 0 Å². The average molecular weight is 374 g/mol. The Bertz CT molecular complexity index is 989. The fourth-order valence-corrected chi connectivity index (χ4v) is 3.73. The molecule has 5 nitrogen and oxygen atoms in total. The molecule has 1 aliphatic rings. The summed E-state index contributed by atoms with van der Waals surface area (Å²) in [6.45, 7) is 6.05. The molecule has 1 amide bonds. The molecule has 2 aromatic heterocycles. The van der Waals surface area contributed by atoms with E-state index in [0.29, 0.717) is 12.3 Å². The van der Waals surface area contributed by atoms with E-state index in [4.69, 9.17) is 0 Å². The van der Waals surface area contributed by atoms with Gasteiger partial charge in [0, 0.05) is 17.5 Å². The largest absolute Gasteiger partial charge is 0.347 e. The summed E-state index contributed by atoms with van der Waals surface area (Å²) in [5.74, 6) is 0.520. The molecule has 0 radical (unpaired) electrons. The van der Waals surface area contributed by atoms with Crippen molar-refractivity contribution in [2.45, 2.75) is 46.1 Å². The molecule has 3 aromatic rings. The van der Waals surface area contributed by atoms with Crippen LogP contribution in [0.2, 0.25) is 0 Å². The quantitative estimate of drug-likeness (QED) is 0.709. The molecule has 1 atom stereocenters. The van der Waals surface area contributed by atoms with Crippen LogP contribution in [0.4, 0.5) is 0 Å². The zero-order chi connectivity index (χ0) is 19.7. The SMILES string of the molecule is Cc1ccnc([C@H](NC(=O)Cc2c(C)nn(-c3ccccc3)c2C)C2CC2)c1. The van der Waals surface area contributed by atoms with Crippen LogP contribution in [0, 0.1) is 26.7 Å². The van der Waals surface area contributed by atoms with Crippen molar-refractivity contribution >= 4 is 5.91 Å². The second-order valence-corrected chi connectivity index (χ2v) is 7.71. The zero-order valence-corrected chi connectivity index (χ0v) is 16.6. The van der Waals surface area contributed by atoms with Gasteiger partial charge in [0.2, 0.25) is 5.91 Å². The number of hydrogen-bond acceptors (Lipinski definition) is 3. The second-order valence-electron chi connectivity index (χ2n) is 7.71. The lowest BCUT2D eigenvalue weighted by Crippen LogP contribution is -2.32. The molecule has 1 aliphatic carbocycles. The summed E-state index contributed by atoms with van der Waals surface area (Å²) in [5.41, 5.74) is 6.04. The molecule has 0 saturated heterocycles. The number of benzene rings is 1. The van der Waals surface area contributed by atoms with Crippen molar-refractivity contribution in [3.8, 4) is 5.69 Å². The van der Waals surface area contributed by atoms with E-state index in [2.05, 4.69) is 28.4 Å². The highest BCUT2D eigenvalue weighted by molar-refractivity contribution is 5.79. The van der Waals surface area contributed by atoms with Crippen molar-refractivity contribution in [2.24, 2.45) is 5.92 Å². The first kappa shape index (κ1) is 18.4. The number of carbonyl (C=O) groups is 1. The van der Waals surface area contributed by atoms with E-state index in [0.717, 1.165) is 41.2 Å². The number of nitrogens with one attached hydrogen (secondary N) is 1. The number of amides is 1. The first-order valence-corrected chi connectivity index (χ1v) is 9.85. The van der Waals surface area contributed by atoms with Crippen molar-refractivity contribution in [3.05, 3.63) is 76.9 Å². The Balaban J connectivity index is 1.53. The van der Waals surface area contributed by atoms with Gasteiger partial charge < -0.3 is 5.32 Å². The van der Waals surface area contributed by atoms with E-state index in [-0.39, 0.29) is 11.9 Å². The maximum Gasteiger partial charge on any atom is 0.225 e. The van der Waals surface area contributed by atoms with E-state index < -0.39 is 0 Å². The summed E-state index contributed by atoms with van der Waals surface area (Å²) in [4.78, 5) is 17.4. The molecule has 0 spiro atoms. The number of para-hydroxylation sites is 1. The number of aryl methyl sites for hydroxylation is 2. The van der Waals surface area contributed by atoms with Crippen molar-refractivity contribution < 1.29 is 4.79 Å². The smallest absolute Gasteiger partial charge is 0.225 e. The van der Waals surface area contributed by atoms with Gasteiger partial charge in [-0.3, -0.25) is 9.78 Å². The molecule has 4 rings (SSSR count). The Kier molecular flexibility index (Phi) is 4.99. The van der Waals surface area contributed by atoms with Crippen LogP contribution in [0.15, 0.2) is 48.7 Å². The second kappa shape index (κ2) is 7.58. The van der Waals surface area contributed by atoms with E-state index in [1.807, 2.05) is 61.1 Å². The summed E-state index contributed by atoms with van der Waals surface area (Å²) in [5, 5.41) is 7.89. The molecule has 144 valence electrons. The third-order valence-electron chi connectivity index (χ3n) is 5.44. The maximum atomic E-state index is 12.9. The summed E-state index contributed by atoms with van der Waals surface area (Å²) in [6, 6.07) is 14.1. The number of pyridine rings is 1. The molecule has 28 heavy (non-hydrogen) atoms. The lowest BCUT2D eigenvalue weighted by Gasteiger charge is -2.18. The van der Waals surface area contributed by atoms with E-state index in [1.165, 1.54) is 5.56 Å². The summed E-state index contributed by atoms with van der Waals surface area (Å²) in [7, 11) is 0. The highest BCUT2D eigenvalue weighted by Crippen LogP contribution is 2.40. The first-order valence-electron chi connectivity index (χ1n) is 9.85. The lowest BCUT2D eigenvalue weighted by atomic mass is 10.0. The van der Waals surface area contributed by atoms with Crippen LogP contribution in [-0.4, -0.2) is 20.7 Å². The molecule has 1 N–H and O–H groups in total. The molecular formula is C23H26N4O. The Morgan fingerprint density at radius 2 is 1.93 bits per heavy atom. The number of aromatic nitrogens is 3. The zero-order valence-electron chi connectivity index (χ0n) is 16.6. The number of hydrogen-bond donors (Lipinski definition) is 1. The topological polar surface area (TPSA) is 59.8 Å². The fourth-order valence-electron chi connectivity index (χ4n) is 3.73. The van der Waals surface area contributed by atoms with Gasteiger partial charge in [-0.25, -0.2) is 4.68 Å². The van der Waals surface area contributed by atoms with Crippen LogP contribution in [-0.2, 0) is 11.2 Å². The summed E-state index contributed by atoms with van der Waals surface area (Å²) < 4.78 is 1.92. The minimum absolute atomic E-state index is 0.00261. The van der Waals surface area contributed by atoms with Gasteiger partial charge in [-0.15, -0.1) is 0 Å². The van der Waals surface area contributed by atoms with Crippen LogP contribution in [0.25, 0.3) is 5.69 Å². The summed E-state index contributed by atoms with van der Waals surface area (Å²) >= 11 is 0. The third kappa shape index (κ3) is 3.84. The van der Waals surface area contributed by atoms with Gasteiger partial charge in [0.25, 0.3) is 0 Å². The highest BCUT2D eigenvalue weighted by atomic mass is 16.1. The minimum Gasteiger partial charge on any atom is -0.347 e. The molecule has 0 bridgehead atoms. The van der Waals surface area contributed by atoms with Crippen LogP contribution in [0.5, 0.6) is 0 Å². The Morgan fingerprint density at radius 3 is 2.61 bits per heavy atom. The third-order valence-corrected chi connectivity index (χ3v) is 5.44. The maximum absolute atomic E-state index is 12.9. The standard InChI is InChI=1S/C23H26N4O/c1-15-11-12-24-21(13-15)23(18-9-10-18)25-22(28)14-20-16(2)26-27(17(20)3)19-7-5-4-6-8-19/h4-8,11-13,18,23H,9-10,14H2,1-3H3,(H,25,28)/t23-/m1/s1. The molecule has 1 saturated carbocycles. The molecule has 1 fully saturated rings. The summed E-state index contributed by atoms with van der Waals surface area (Å²) in [6.07, 6.45) is 4.44. The Hall–Kier alpha value is -2.95. The predicted octanol–water partition coefficient (Wildman–Crippen LogP) is 4.00. The van der Waals surface area contributed by atoms with Crippen molar-refractivity contribution in [1.82, 2.24) is 20.1 Å². The number of carbonyl (C=O) groups excluding carboxylic acids is 1. The monoisotopic (exact) mass is 374 g/mol. The molecule has 1 aromatic carbocycles. The molecular weight excluding hydrogens is 348 g/mol. The Labute approximate surface area is 165 Å². The normalized spacial score (nSPS) is 14.7. The minimum atomic E-state index is -0.00261. The van der Waals surface area contributed by atoms with Gasteiger partial charge in [0.15, 0.2) is 0 Å². The molecule has 0 aliphatic heterocycles. The fraction of sp³-hybridized carbons (Fsp3) is 0.348. The van der Waals surface area contributed by atoms with Gasteiger partial charge in [-0.2, -0.15) is 5.10 Å². The first-order chi connectivity index (χ1) is 13.5. The van der Waals surface area contributed by atoms with Crippen molar-refractivity contribution in [3.63, 3.8) is 0 Å². The average Bonchev–Trinajstić information content (AvgIpc) is 3.49. The molecule has 5 heteroatoms. The van der Waals surface area contributed by atoms with Crippen molar-refractivity contribution in [2.75, 3.05) is 0 Å². The van der Waals surface area contributed by atoms with Crippen LogP contribution in [0.1, 0.15) is 47.1 Å². The predicted molar refractivity (Wildman–Crippen MR) is 109 cm³/mol. The van der Waals surface area contributed by atoms with Gasteiger partial charge >= 0.3 is 0 Å². The molecule has 0 unspecified atom stereocenters. The Morgan fingerprint density at radius 1 is 1.18 bits per heavy atom. The van der Waals surface area contributed by atoms with E-state index in [1.54, 1.807) is 0 Å². The van der Waals surface area contributed by atoms with Gasteiger partial charge in [-0.1, -0.05) is 18.2 Å². The number of nitrogens with zero attached hydrogens (tertiary/aromatic N) is 3. The van der Waals surface area contributed by atoms with Gasteiger partial charge in [0.1, 0.15) is 0 Å². The van der Waals surface area contributed by atoms with Gasteiger partial charge in [0.05, 0.1) is 29.5 Å². The van der Waals surface area contributed by atoms with Gasteiger partial charge in [-0.05, 0) is 69.4 Å². The molecule has 2 heterocycles. The van der Waals surface area contributed by atoms with Crippen LogP contribution >= 0.6 is 0 Å². The van der Waals surface area contributed by atoms with E-state index >= 15 is 0 Å². The van der Waals surface area contributed by atoms with Crippen LogP contribution in [0.3, 0.4) is 0 Å². The van der Waals surface area contributed by atoms with Crippen LogP contribution < -0.4 is 5.32 Å². The van der Waals surface area contributed by atoms with E-state index in [9.17, 15) is 4.79 Å². The number of rotatable bonds is 6. The lowest BCUT2D eigenvalue weighted by molar-refractivity contribution is -0.121. The highest BCUT2D eigenvalue weighted by Gasteiger charge is 2.34.